The molecule has 2 aromatic heterocycles. The maximum atomic E-state index is 5.22. The Morgan fingerprint density at radius 1 is 0.333 bits per heavy atom. The van der Waals surface area contributed by atoms with Crippen LogP contribution < -0.4 is 0 Å². The van der Waals surface area contributed by atoms with E-state index in [9.17, 15) is 0 Å². The fourth-order valence-electron chi connectivity index (χ4n) is 8.25. The van der Waals surface area contributed by atoms with Crippen LogP contribution in [0.25, 0.3) is 105 Å². The van der Waals surface area contributed by atoms with Gasteiger partial charge in [0.2, 0.25) is 0 Å². The summed E-state index contributed by atoms with van der Waals surface area (Å²) in [5, 5.41) is 6.18. The van der Waals surface area contributed by atoms with Crippen molar-refractivity contribution >= 4 is 43.5 Å². The molecule has 3 nitrogen and oxygen atoms in total. The highest BCUT2D eigenvalue weighted by atomic mass is 15.0. The lowest BCUT2D eigenvalue weighted by atomic mass is 9.93. The second kappa shape index (κ2) is 10.8. The van der Waals surface area contributed by atoms with E-state index in [1.807, 2.05) is 6.07 Å². The van der Waals surface area contributed by atoms with Crippen LogP contribution >= 0.6 is 0 Å². The molecular formula is C48H29N3. The van der Waals surface area contributed by atoms with Crippen molar-refractivity contribution in [1.29, 1.82) is 0 Å². The first-order valence-electron chi connectivity index (χ1n) is 17.4. The van der Waals surface area contributed by atoms with E-state index < -0.39 is 0 Å². The van der Waals surface area contributed by atoms with E-state index in [4.69, 9.17) is 9.97 Å². The third kappa shape index (κ3) is 4.19. The molecule has 2 heterocycles. The minimum atomic E-state index is 0.716. The summed E-state index contributed by atoms with van der Waals surface area (Å²) < 4.78 is 2.34. The van der Waals surface area contributed by atoms with E-state index in [-0.39, 0.29) is 0 Å². The van der Waals surface area contributed by atoms with Gasteiger partial charge in [-0.05, 0) is 86.6 Å². The number of aromatic nitrogens is 3. The minimum Gasteiger partial charge on any atom is -0.309 e. The van der Waals surface area contributed by atoms with Crippen LogP contribution in [0, 0.1) is 0 Å². The third-order valence-corrected chi connectivity index (χ3v) is 10.6. The Kier molecular flexibility index (Phi) is 5.96. The predicted octanol–water partition coefficient (Wildman–Crippen LogP) is 12.5. The summed E-state index contributed by atoms with van der Waals surface area (Å²) in [7, 11) is 0. The average molecular weight is 648 g/mol. The summed E-state index contributed by atoms with van der Waals surface area (Å²) in [6.07, 6.45) is 0. The zero-order valence-electron chi connectivity index (χ0n) is 27.6. The molecule has 0 amide bonds. The normalized spacial score (nSPS) is 11.9. The molecule has 0 bridgehead atoms. The smallest absolute Gasteiger partial charge is 0.160 e. The van der Waals surface area contributed by atoms with E-state index in [2.05, 4.69) is 174 Å². The van der Waals surface area contributed by atoms with Crippen molar-refractivity contribution in [2.45, 2.75) is 0 Å². The summed E-state index contributed by atoms with van der Waals surface area (Å²) in [5.74, 6) is 0.716. The Labute approximate surface area is 294 Å². The maximum absolute atomic E-state index is 5.22. The van der Waals surface area contributed by atoms with Crippen molar-refractivity contribution in [1.82, 2.24) is 14.5 Å². The van der Waals surface area contributed by atoms with Gasteiger partial charge >= 0.3 is 0 Å². The van der Waals surface area contributed by atoms with Crippen molar-refractivity contribution < 1.29 is 0 Å². The molecule has 0 spiro atoms. The molecule has 0 atom stereocenters. The summed E-state index contributed by atoms with van der Waals surface area (Å²) in [5.41, 5.74) is 15.1. The van der Waals surface area contributed by atoms with Crippen LogP contribution in [0.2, 0.25) is 0 Å². The maximum Gasteiger partial charge on any atom is 0.160 e. The van der Waals surface area contributed by atoms with Gasteiger partial charge in [-0.1, -0.05) is 133 Å². The lowest BCUT2D eigenvalue weighted by Gasteiger charge is -2.12. The Morgan fingerprint density at radius 3 is 1.59 bits per heavy atom. The number of fused-ring (bicyclic) bond motifs is 7. The van der Waals surface area contributed by atoms with Gasteiger partial charge < -0.3 is 4.57 Å². The highest BCUT2D eigenvalue weighted by Crippen LogP contribution is 2.49. The number of rotatable bonds is 4. The van der Waals surface area contributed by atoms with E-state index in [1.54, 1.807) is 0 Å². The Hall–Kier alpha value is -6.84. The first-order chi connectivity index (χ1) is 25.3. The van der Waals surface area contributed by atoms with E-state index in [1.165, 1.54) is 66.0 Å². The molecule has 0 saturated heterocycles. The molecule has 10 aromatic rings. The molecule has 0 radical (unpaired) electrons. The second-order valence-corrected chi connectivity index (χ2v) is 13.3. The Balaban J connectivity index is 0.992. The zero-order valence-corrected chi connectivity index (χ0v) is 27.6. The number of benzene rings is 8. The molecule has 0 fully saturated rings. The molecule has 1 aliphatic rings. The fraction of sp³-hybridized carbons (Fsp3) is 0. The van der Waals surface area contributed by atoms with E-state index >= 15 is 0 Å². The van der Waals surface area contributed by atoms with Crippen LogP contribution in [0.1, 0.15) is 0 Å². The van der Waals surface area contributed by atoms with Gasteiger partial charge in [0, 0.05) is 33.0 Å². The standard InChI is InChI=1S/C48H29N3/c1-2-11-36-35(10-1)40-16-9-15-39-34(28-29-41(36)46(39)40)30-20-22-31(23-21-30)47-42-14-3-6-17-43(42)49-48(50-47)32-24-26-33(27-25-32)51-44-18-7-4-12-37(44)38-13-5-8-19-45(38)51/h1-29H. The topological polar surface area (TPSA) is 30.7 Å². The van der Waals surface area contributed by atoms with Crippen molar-refractivity contribution in [2.24, 2.45) is 0 Å². The first-order valence-corrected chi connectivity index (χ1v) is 17.4. The molecule has 3 heteroatoms. The van der Waals surface area contributed by atoms with Gasteiger partial charge in [0.05, 0.1) is 22.2 Å². The van der Waals surface area contributed by atoms with Gasteiger partial charge in [-0.25, -0.2) is 9.97 Å². The van der Waals surface area contributed by atoms with E-state index in [0.717, 1.165) is 33.4 Å². The lowest BCUT2D eigenvalue weighted by Crippen LogP contribution is -1.97. The van der Waals surface area contributed by atoms with Crippen LogP contribution in [0.3, 0.4) is 0 Å². The summed E-state index contributed by atoms with van der Waals surface area (Å²) in [6, 6.07) is 63.0. The number of nitrogens with zero attached hydrogens (tertiary/aromatic N) is 3. The highest BCUT2D eigenvalue weighted by molar-refractivity contribution is 6.18. The molecule has 11 rings (SSSR count). The molecule has 1 aliphatic carbocycles. The molecule has 0 saturated carbocycles. The summed E-state index contributed by atoms with van der Waals surface area (Å²) in [6.45, 7) is 0. The van der Waals surface area contributed by atoms with Gasteiger partial charge in [0.1, 0.15) is 0 Å². The molecule has 0 aliphatic heterocycles. The third-order valence-electron chi connectivity index (χ3n) is 10.6. The van der Waals surface area contributed by atoms with Gasteiger partial charge in [0.25, 0.3) is 0 Å². The zero-order chi connectivity index (χ0) is 33.5. The molecule has 8 aromatic carbocycles. The summed E-state index contributed by atoms with van der Waals surface area (Å²) >= 11 is 0. The number of hydrogen-bond acceptors (Lipinski definition) is 2. The predicted molar refractivity (Wildman–Crippen MR) is 212 cm³/mol. The lowest BCUT2D eigenvalue weighted by molar-refractivity contribution is 1.17. The second-order valence-electron chi connectivity index (χ2n) is 13.3. The SMILES string of the molecule is c1ccc2c(c1)-c1cccc3c(-c4ccc(-c5nc(-c6ccc(-n7c8ccccc8c8ccccc87)cc6)nc6ccccc56)cc4)ccc-2c13. The van der Waals surface area contributed by atoms with Gasteiger partial charge in [0.15, 0.2) is 5.82 Å². The Bertz CT molecular complexity index is 2920. The number of para-hydroxylation sites is 3. The van der Waals surface area contributed by atoms with Crippen LogP contribution in [0.4, 0.5) is 0 Å². The molecule has 236 valence electrons. The van der Waals surface area contributed by atoms with Gasteiger partial charge in [-0.15, -0.1) is 0 Å². The van der Waals surface area contributed by atoms with Crippen molar-refractivity contribution in [3.8, 4) is 61.7 Å². The highest BCUT2D eigenvalue weighted by Gasteiger charge is 2.22. The largest absolute Gasteiger partial charge is 0.309 e. The molecule has 0 unspecified atom stereocenters. The van der Waals surface area contributed by atoms with Crippen LogP contribution in [0.15, 0.2) is 176 Å². The molecule has 0 N–H and O–H groups in total. The van der Waals surface area contributed by atoms with Gasteiger partial charge in [-0.3, -0.25) is 0 Å². The first kappa shape index (κ1) is 28.0. The number of hydrogen-bond donors (Lipinski definition) is 0. The van der Waals surface area contributed by atoms with E-state index in [0.29, 0.717) is 5.82 Å². The monoisotopic (exact) mass is 647 g/mol. The average Bonchev–Trinajstić information content (AvgIpc) is 3.72. The van der Waals surface area contributed by atoms with Crippen molar-refractivity contribution in [2.75, 3.05) is 0 Å². The van der Waals surface area contributed by atoms with Gasteiger partial charge in [-0.2, -0.15) is 0 Å². The van der Waals surface area contributed by atoms with Crippen molar-refractivity contribution in [3.63, 3.8) is 0 Å². The molecule has 51 heavy (non-hydrogen) atoms. The van der Waals surface area contributed by atoms with Crippen LogP contribution in [0.5, 0.6) is 0 Å². The van der Waals surface area contributed by atoms with Crippen molar-refractivity contribution in [3.05, 3.63) is 176 Å². The molecular weight excluding hydrogens is 619 g/mol. The van der Waals surface area contributed by atoms with Crippen LogP contribution in [-0.4, -0.2) is 14.5 Å². The fourth-order valence-corrected chi connectivity index (χ4v) is 8.25. The summed E-state index contributed by atoms with van der Waals surface area (Å²) in [4.78, 5) is 10.3. The quantitative estimate of drug-likeness (QED) is 0.190. The van der Waals surface area contributed by atoms with Crippen LogP contribution in [-0.2, 0) is 0 Å². The minimum absolute atomic E-state index is 0.716. The Morgan fingerprint density at radius 2 is 0.863 bits per heavy atom.